The van der Waals surface area contributed by atoms with Crippen LogP contribution in [-0.2, 0) is 13.1 Å². The number of hydrogen-bond donors (Lipinski definition) is 2. The quantitative estimate of drug-likeness (QED) is 0.684. The Bertz CT molecular complexity index is 813. The van der Waals surface area contributed by atoms with Crippen LogP contribution < -0.4 is 10.6 Å². The maximum Gasteiger partial charge on any atom is 0.315 e. The normalized spacial score (nSPS) is 10.7. The van der Waals surface area contributed by atoms with Crippen LogP contribution in [0.2, 0.25) is 0 Å². The molecule has 2 aromatic heterocycles. The molecule has 6 heteroatoms. The first-order valence-electron chi connectivity index (χ1n) is 7.88. The molecule has 2 heterocycles. The molecule has 0 bridgehead atoms. The van der Waals surface area contributed by atoms with Crippen molar-refractivity contribution in [3.05, 3.63) is 66.2 Å². The van der Waals surface area contributed by atoms with Gasteiger partial charge in [0, 0.05) is 37.4 Å². The molecule has 0 aliphatic rings. The molecular weight excluding hydrogens is 307 g/mol. The fraction of sp³-hybridized carbons (Fsp3) is 0.222. The van der Waals surface area contributed by atoms with E-state index in [-0.39, 0.29) is 11.8 Å². The van der Waals surface area contributed by atoms with Gasteiger partial charge in [0.1, 0.15) is 11.5 Å². The van der Waals surface area contributed by atoms with Crippen LogP contribution in [0.1, 0.15) is 12.0 Å². The molecule has 0 radical (unpaired) electrons. The molecule has 0 spiro atoms. The lowest BCUT2D eigenvalue weighted by Crippen LogP contribution is -2.35. The summed E-state index contributed by atoms with van der Waals surface area (Å²) in [5.74, 6) is -0.282. The lowest BCUT2D eigenvalue weighted by Gasteiger charge is -2.08. The standard InChI is InChI=1S/C18H19FN4O/c19-16-6-4-14(5-7-16)13-22-18(24)21-10-2-11-23-12-8-15-3-1-9-20-17(15)23/h1,3-9,12H,2,10-11,13H2,(H2,21,22,24). The molecular formula is C18H19FN4O. The molecule has 124 valence electrons. The van der Waals surface area contributed by atoms with Gasteiger partial charge >= 0.3 is 6.03 Å². The van der Waals surface area contributed by atoms with Gasteiger partial charge in [0.2, 0.25) is 0 Å². The summed E-state index contributed by atoms with van der Waals surface area (Å²) in [6, 6.07) is 11.8. The third kappa shape index (κ3) is 4.10. The summed E-state index contributed by atoms with van der Waals surface area (Å²) >= 11 is 0. The summed E-state index contributed by atoms with van der Waals surface area (Å²) in [5, 5.41) is 6.68. The van der Waals surface area contributed by atoms with Crippen molar-refractivity contribution >= 4 is 17.1 Å². The molecule has 0 unspecified atom stereocenters. The van der Waals surface area contributed by atoms with Crippen molar-refractivity contribution in [2.75, 3.05) is 6.54 Å². The molecule has 2 N–H and O–H groups in total. The van der Waals surface area contributed by atoms with Gasteiger partial charge in [-0.25, -0.2) is 14.2 Å². The number of carbonyl (C=O) groups is 1. The Morgan fingerprint density at radius 3 is 2.79 bits per heavy atom. The van der Waals surface area contributed by atoms with E-state index in [4.69, 9.17) is 0 Å². The van der Waals surface area contributed by atoms with Crippen molar-refractivity contribution < 1.29 is 9.18 Å². The number of nitrogens with zero attached hydrogens (tertiary/aromatic N) is 2. The third-order valence-electron chi connectivity index (χ3n) is 3.75. The van der Waals surface area contributed by atoms with E-state index in [1.807, 2.05) is 24.4 Å². The zero-order valence-corrected chi connectivity index (χ0v) is 13.2. The van der Waals surface area contributed by atoms with Crippen molar-refractivity contribution in [2.24, 2.45) is 0 Å². The van der Waals surface area contributed by atoms with E-state index in [2.05, 4.69) is 20.2 Å². The highest BCUT2D eigenvalue weighted by Gasteiger charge is 2.03. The van der Waals surface area contributed by atoms with E-state index in [9.17, 15) is 9.18 Å². The largest absolute Gasteiger partial charge is 0.338 e. The van der Waals surface area contributed by atoms with Gasteiger partial charge in [-0.2, -0.15) is 0 Å². The lowest BCUT2D eigenvalue weighted by atomic mass is 10.2. The summed E-state index contributed by atoms with van der Waals surface area (Å²) < 4.78 is 14.9. The second-order valence-corrected chi connectivity index (χ2v) is 5.51. The number of fused-ring (bicyclic) bond motifs is 1. The van der Waals surface area contributed by atoms with Crippen LogP contribution >= 0.6 is 0 Å². The predicted molar refractivity (Wildman–Crippen MR) is 91.0 cm³/mol. The maximum atomic E-state index is 12.8. The van der Waals surface area contributed by atoms with Crippen molar-refractivity contribution in [1.29, 1.82) is 0 Å². The summed E-state index contributed by atoms with van der Waals surface area (Å²) in [7, 11) is 0. The van der Waals surface area contributed by atoms with Crippen molar-refractivity contribution in [2.45, 2.75) is 19.5 Å². The van der Waals surface area contributed by atoms with Gasteiger partial charge in [0.05, 0.1) is 0 Å². The van der Waals surface area contributed by atoms with Gasteiger partial charge in [0.15, 0.2) is 0 Å². The highest BCUT2D eigenvalue weighted by Crippen LogP contribution is 2.12. The van der Waals surface area contributed by atoms with E-state index in [0.29, 0.717) is 13.1 Å². The van der Waals surface area contributed by atoms with Gasteiger partial charge in [-0.05, 0) is 42.3 Å². The van der Waals surface area contributed by atoms with Gasteiger partial charge in [-0.1, -0.05) is 12.1 Å². The second kappa shape index (κ2) is 7.59. The number of nitrogens with one attached hydrogen (secondary N) is 2. The van der Waals surface area contributed by atoms with E-state index in [1.165, 1.54) is 12.1 Å². The lowest BCUT2D eigenvalue weighted by molar-refractivity contribution is 0.240. The number of amides is 2. The zero-order valence-electron chi connectivity index (χ0n) is 13.2. The van der Waals surface area contributed by atoms with Crippen LogP contribution in [-0.4, -0.2) is 22.1 Å². The number of pyridine rings is 1. The van der Waals surface area contributed by atoms with Crippen LogP contribution in [0.25, 0.3) is 11.0 Å². The maximum absolute atomic E-state index is 12.8. The SMILES string of the molecule is O=C(NCCCn1ccc2cccnc21)NCc1ccc(F)cc1. The van der Waals surface area contributed by atoms with E-state index in [0.717, 1.165) is 29.6 Å². The molecule has 0 fully saturated rings. The Kier molecular flexibility index (Phi) is 5.05. The fourth-order valence-corrected chi connectivity index (χ4v) is 2.50. The Balaban J connectivity index is 1.38. The molecule has 0 atom stereocenters. The number of halogens is 1. The predicted octanol–water partition coefficient (Wildman–Crippen LogP) is 3.06. The summed E-state index contributed by atoms with van der Waals surface area (Å²) in [5.41, 5.74) is 1.81. The summed E-state index contributed by atoms with van der Waals surface area (Å²) in [4.78, 5) is 16.1. The topological polar surface area (TPSA) is 59.0 Å². The molecule has 0 saturated heterocycles. The minimum atomic E-state index is -0.282. The smallest absolute Gasteiger partial charge is 0.315 e. The zero-order chi connectivity index (χ0) is 16.8. The number of rotatable bonds is 6. The molecule has 3 rings (SSSR count). The van der Waals surface area contributed by atoms with Gasteiger partial charge in [0.25, 0.3) is 0 Å². The Morgan fingerprint density at radius 2 is 1.96 bits per heavy atom. The summed E-state index contributed by atoms with van der Waals surface area (Å²) in [6.45, 7) is 1.73. The summed E-state index contributed by atoms with van der Waals surface area (Å²) in [6.07, 6.45) is 4.59. The number of aromatic nitrogens is 2. The van der Waals surface area contributed by atoms with E-state index in [1.54, 1.807) is 18.3 Å². The van der Waals surface area contributed by atoms with Gasteiger partial charge < -0.3 is 15.2 Å². The highest BCUT2D eigenvalue weighted by molar-refractivity contribution is 5.75. The van der Waals surface area contributed by atoms with Crippen LogP contribution in [0, 0.1) is 5.82 Å². The van der Waals surface area contributed by atoms with Crippen LogP contribution in [0.5, 0.6) is 0 Å². The van der Waals surface area contributed by atoms with Crippen molar-refractivity contribution in [3.8, 4) is 0 Å². The molecule has 0 saturated carbocycles. The molecule has 5 nitrogen and oxygen atoms in total. The van der Waals surface area contributed by atoms with Gasteiger partial charge in [-0.15, -0.1) is 0 Å². The van der Waals surface area contributed by atoms with E-state index < -0.39 is 0 Å². The second-order valence-electron chi connectivity index (χ2n) is 5.51. The number of urea groups is 1. The minimum Gasteiger partial charge on any atom is -0.338 e. The molecule has 1 aromatic carbocycles. The fourth-order valence-electron chi connectivity index (χ4n) is 2.50. The molecule has 24 heavy (non-hydrogen) atoms. The van der Waals surface area contributed by atoms with Crippen LogP contribution in [0.3, 0.4) is 0 Å². The molecule has 0 aliphatic heterocycles. The molecule has 0 aliphatic carbocycles. The third-order valence-corrected chi connectivity index (χ3v) is 3.75. The number of benzene rings is 1. The van der Waals surface area contributed by atoms with Crippen LogP contribution in [0.15, 0.2) is 54.9 Å². The first-order valence-corrected chi connectivity index (χ1v) is 7.88. The Labute approximate surface area is 139 Å². The highest BCUT2D eigenvalue weighted by atomic mass is 19.1. The van der Waals surface area contributed by atoms with Gasteiger partial charge in [-0.3, -0.25) is 0 Å². The molecule has 2 amide bonds. The van der Waals surface area contributed by atoms with Crippen molar-refractivity contribution in [1.82, 2.24) is 20.2 Å². The average molecular weight is 326 g/mol. The van der Waals surface area contributed by atoms with Crippen LogP contribution in [0.4, 0.5) is 9.18 Å². The average Bonchev–Trinajstić information content (AvgIpc) is 3.01. The first kappa shape index (κ1) is 16.0. The Morgan fingerprint density at radius 1 is 1.12 bits per heavy atom. The number of aryl methyl sites for hydroxylation is 1. The number of hydrogen-bond acceptors (Lipinski definition) is 2. The van der Waals surface area contributed by atoms with E-state index >= 15 is 0 Å². The molecule has 3 aromatic rings. The first-order chi connectivity index (χ1) is 11.7. The monoisotopic (exact) mass is 326 g/mol. The minimum absolute atomic E-state index is 0.227. The number of carbonyl (C=O) groups excluding carboxylic acids is 1. The Hall–Kier alpha value is -2.89. The van der Waals surface area contributed by atoms with Crippen molar-refractivity contribution in [3.63, 3.8) is 0 Å².